The molecule has 0 heterocycles. The number of benzene rings is 2. The number of aromatic hydroxyl groups is 2. The van der Waals surface area contributed by atoms with E-state index < -0.39 is 44.1 Å². The van der Waals surface area contributed by atoms with Crippen molar-refractivity contribution < 1.29 is 30.0 Å². The van der Waals surface area contributed by atoms with Gasteiger partial charge >= 0.3 is 17.3 Å². The van der Waals surface area contributed by atoms with Crippen LogP contribution in [0.15, 0.2) is 36.4 Å². The molecule has 2 rings (SSSR count). The number of carboxylic acids is 1. The van der Waals surface area contributed by atoms with Crippen molar-refractivity contribution in [2.45, 2.75) is 25.2 Å². The summed E-state index contributed by atoms with van der Waals surface area (Å²) in [5.41, 5.74) is -1.69. The second-order valence-corrected chi connectivity index (χ2v) is 6.15. The number of phenolic OH excluding ortho intramolecular Hbond substituents is 2. The third-order valence-corrected chi connectivity index (χ3v) is 4.46. The van der Waals surface area contributed by atoms with E-state index in [1.54, 1.807) is 6.92 Å². The van der Waals surface area contributed by atoms with Crippen molar-refractivity contribution in [2.24, 2.45) is 0 Å². The Kier molecular flexibility index (Phi) is 5.29. The van der Waals surface area contributed by atoms with Gasteiger partial charge in [-0.1, -0.05) is 19.1 Å². The zero-order valence-electron chi connectivity index (χ0n) is 14.2. The third-order valence-electron chi connectivity index (χ3n) is 4.46. The highest BCUT2D eigenvalue weighted by Crippen LogP contribution is 2.42. The lowest BCUT2D eigenvalue weighted by atomic mass is 9.72. The van der Waals surface area contributed by atoms with Gasteiger partial charge in [-0.2, -0.15) is 0 Å². The first-order valence-corrected chi connectivity index (χ1v) is 7.74. The molecule has 0 fully saturated rings. The Morgan fingerprint density at radius 3 is 1.70 bits per heavy atom. The van der Waals surface area contributed by atoms with Gasteiger partial charge in [0.15, 0.2) is 11.5 Å². The van der Waals surface area contributed by atoms with Gasteiger partial charge in [-0.15, -0.1) is 0 Å². The number of hydrogen-bond acceptors (Lipinski definition) is 7. The van der Waals surface area contributed by atoms with Crippen LogP contribution in [-0.4, -0.2) is 31.1 Å². The number of nitro benzene ring substituents is 2. The van der Waals surface area contributed by atoms with E-state index in [0.717, 1.165) is 24.3 Å². The van der Waals surface area contributed by atoms with E-state index >= 15 is 0 Å². The highest BCUT2D eigenvalue weighted by molar-refractivity contribution is 5.67. The number of rotatable bonds is 7. The topological polar surface area (TPSA) is 164 Å². The van der Waals surface area contributed by atoms with Gasteiger partial charge in [0.1, 0.15) is 0 Å². The van der Waals surface area contributed by atoms with Crippen LogP contribution in [0.2, 0.25) is 0 Å². The Labute approximate surface area is 152 Å². The van der Waals surface area contributed by atoms with Crippen molar-refractivity contribution in [3.8, 4) is 11.5 Å². The fourth-order valence-corrected chi connectivity index (χ4v) is 2.84. The molecule has 2 aromatic rings. The van der Waals surface area contributed by atoms with Crippen LogP contribution < -0.4 is 0 Å². The normalized spacial score (nSPS) is 11.1. The van der Waals surface area contributed by atoms with Gasteiger partial charge in [0.05, 0.1) is 9.85 Å². The smallest absolute Gasteiger partial charge is 0.310 e. The summed E-state index contributed by atoms with van der Waals surface area (Å²) >= 11 is 0. The summed E-state index contributed by atoms with van der Waals surface area (Å²) in [6, 6.07) is 7.22. The molecule has 0 radical (unpaired) electrons. The maximum atomic E-state index is 11.1. The molecule has 142 valence electrons. The maximum Gasteiger partial charge on any atom is 0.310 e. The van der Waals surface area contributed by atoms with Crippen LogP contribution in [0.25, 0.3) is 0 Å². The van der Waals surface area contributed by atoms with Gasteiger partial charge in [0.2, 0.25) is 0 Å². The molecule has 10 nitrogen and oxygen atoms in total. The lowest BCUT2D eigenvalue weighted by molar-refractivity contribution is -0.386. The zero-order chi connectivity index (χ0) is 20.4. The van der Waals surface area contributed by atoms with Gasteiger partial charge in [-0.3, -0.25) is 25.0 Å². The number of aliphatic carboxylic acids is 1. The van der Waals surface area contributed by atoms with Gasteiger partial charge in [0.25, 0.3) is 0 Å². The van der Waals surface area contributed by atoms with E-state index in [0.29, 0.717) is 11.1 Å². The molecule has 2 aromatic carbocycles. The van der Waals surface area contributed by atoms with Crippen molar-refractivity contribution in [3.05, 3.63) is 67.8 Å². The van der Waals surface area contributed by atoms with Crippen LogP contribution in [-0.2, 0) is 10.2 Å². The summed E-state index contributed by atoms with van der Waals surface area (Å²) in [6.07, 6.45) is -0.327. The third kappa shape index (κ3) is 3.94. The molecular formula is C17H16N2O8. The molecule has 0 amide bonds. The predicted molar refractivity (Wildman–Crippen MR) is 92.8 cm³/mol. The molecule has 0 atom stereocenters. The monoisotopic (exact) mass is 376 g/mol. The second-order valence-electron chi connectivity index (χ2n) is 6.15. The summed E-state index contributed by atoms with van der Waals surface area (Å²) in [6.45, 7) is 1.59. The fourth-order valence-electron chi connectivity index (χ4n) is 2.84. The van der Waals surface area contributed by atoms with Crippen molar-refractivity contribution in [1.29, 1.82) is 0 Å². The molecule has 0 saturated carbocycles. The summed E-state index contributed by atoms with van der Waals surface area (Å²) < 4.78 is 0. The van der Waals surface area contributed by atoms with Gasteiger partial charge in [-0.05, 0) is 29.7 Å². The van der Waals surface area contributed by atoms with E-state index in [-0.39, 0.29) is 12.8 Å². The largest absolute Gasteiger partial charge is 0.502 e. The fraction of sp³-hybridized carbons (Fsp3) is 0.235. The van der Waals surface area contributed by atoms with Crippen molar-refractivity contribution in [1.82, 2.24) is 0 Å². The van der Waals surface area contributed by atoms with Crippen LogP contribution in [0.4, 0.5) is 11.4 Å². The Bertz CT molecular complexity index is 862. The highest BCUT2D eigenvalue weighted by atomic mass is 16.6. The van der Waals surface area contributed by atoms with Crippen LogP contribution in [0.3, 0.4) is 0 Å². The molecule has 0 aliphatic rings. The SMILES string of the molecule is CC(CCC(=O)O)(c1ccc(O)c([N+](=O)[O-])c1)c1ccc(O)c([N+](=O)[O-])c1. The number of hydrogen-bond donors (Lipinski definition) is 3. The van der Waals surface area contributed by atoms with E-state index in [2.05, 4.69) is 0 Å². The Morgan fingerprint density at radius 1 is 0.963 bits per heavy atom. The van der Waals surface area contributed by atoms with Crippen LogP contribution in [0, 0.1) is 20.2 Å². The number of nitro groups is 2. The van der Waals surface area contributed by atoms with Crippen molar-refractivity contribution in [2.75, 3.05) is 0 Å². The molecule has 0 spiro atoms. The van der Waals surface area contributed by atoms with Gasteiger partial charge < -0.3 is 15.3 Å². The average molecular weight is 376 g/mol. The second kappa shape index (κ2) is 7.28. The minimum absolute atomic E-state index is 0.0216. The number of carbonyl (C=O) groups is 1. The lowest BCUT2D eigenvalue weighted by Crippen LogP contribution is -2.25. The highest BCUT2D eigenvalue weighted by Gasteiger charge is 2.33. The maximum absolute atomic E-state index is 11.1. The quantitative estimate of drug-likeness (QED) is 0.490. The zero-order valence-corrected chi connectivity index (χ0v) is 14.2. The van der Waals surface area contributed by atoms with E-state index in [9.17, 15) is 35.2 Å². The number of carboxylic acid groups (broad SMARTS) is 1. The summed E-state index contributed by atoms with van der Waals surface area (Å²) in [5.74, 6) is -2.22. The Hall–Kier alpha value is -3.69. The van der Waals surface area contributed by atoms with Crippen molar-refractivity contribution in [3.63, 3.8) is 0 Å². The van der Waals surface area contributed by atoms with Gasteiger partial charge in [0, 0.05) is 24.0 Å². The molecule has 0 aliphatic carbocycles. The summed E-state index contributed by atoms with van der Waals surface area (Å²) in [7, 11) is 0. The molecule has 0 saturated heterocycles. The minimum atomic E-state index is -1.16. The predicted octanol–water partition coefficient (Wildman–Crippen LogP) is 3.09. The molecule has 27 heavy (non-hydrogen) atoms. The molecular weight excluding hydrogens is 360 g/mol. The lowest BCUT2D eigenvalue weighted by Gasteiger charge is -2.30. The molecule has 3 N–H and O–H groups in total. The first-order chi connectivity index (χ1) is 12.6. The first-order valence-electron chi connectivity index (χ1n) is 7.74. The number of phenols is 2. The Morgan fingerprint density at radius 2 is 1.37 bits per heavy atom. The molecule has 0 aromatic heterocycles. The average Bonchev–Trinajstić information content (AvgIpc) is 2.59. The summed E-state index contributed by atoms with van der Waals surface area (Å²) in [5, 5.41) is 50.6. The molecule has 0 bridgehead atoms. The van der Waals surface area contributed by atoms with E-state index in [1.165, 1.54) is 12.1 Å². The standard InChI is InChI=1S/C17H16N2O8/c1-17(7-6-16(22)23,10-2-4-14(20)12(8-10)18(24)25)11-3-5-15(21)13(9-11)19(26)27/h2-5,8-9,20-21H,6-7H2,1H3,(H,22,23). The van der Waals surface area contributed by atoms with E-state index in [4.69, 9.17) is 5.11 Å². The summed E-state index contributed by atoms with van der Waals surface area (Å²) in [4.78, 5) is 31.7. The first kappa shape index (κ1) is 19.6. The molecule has 0 unspecified atom stereocenters. The molecule has 10 heteroatoms. The van der Waals surface area contributed by atoms with Crippen LogP contribution >= 0.6 is 0 Å². The number of nitrogens with zero attached hydrogens (tertiary/aromatic N) is 2. The van der Waals surface area contributed by atoms with E-state index in [1.807, 2.05) is 0 Å². The molecule has 0 aliphatic heterocycles. The minimum Gasteiger partial charge on any atom is -0.502 e. The van der Waals surface area contributed by atoms with Crippen LogP contribution in [0.1, 0.15) is 30.9 Å². The van der Waals surface area contributed by atoms with Crippen LogP contribution in [0.5, 0.6) is 11.5 Å². The Balaban J connectivity index is 2.68. The van der Waals surface area contributed by atoms with Gasteiger partial charge in [-0.25, -0.2) is 0 Å². The van der Waals surface area contributed by atoms with Crippen molar-refractivity contribution >= 4 is 17.3 Å².